The summed E-state index contributed by atoms with van der Waals surface area (Å²) in [6.07, 6.45) is 0.653. The Kier molecular flexibility index (Phi) is 5.38. The van der Waals surface area contributed by atoms with Crippen LogP contribution >= 0.6 is 0 Å². The van der Waals surface area contributed by atoms with Gasteiger partial charge in [-0.2, -0.15) is 4.72 Å². The molecule has 2 rings (SSSR count). The number of hydrogen-bond donors (Lipinski definition) is 1. The summed E-state index contributed by atoms with van der Waals surface area (Å²) in [4.78, 5) is 12.0. The zero-order valence-electron chi connectivity index (χ0n) is 13.4. The van der Waals surface area contributed by atoms with Crippen LogP contribution in [0.5, 0.6) is 0 Å². The van der Waals surface area contributed by atoms with Crippen LogP contribution in [0.1, 0.15) is 20.3 Å². The van der Waals surface area contributed by atoms with Crippen LogP contribution in [0.2, 0.25) is 0 Å². The number of ether oxygens (including phenoxy) is 1. The van der Waals surface area contributed by atoms with Gasteiger partial charge in [-0.05, 0) is 28.8 Å². The van der Waals surface area contributed by atoms with E-state index in [9.17, 15) is 13.2 Å². The standard InChI is InChI=1S/C17H21NO4S/c1-4-12(2)16(17(19)22-3)18-23(20,21)15-10-9-13-7-5-6-8-14(13)11-15/h5-12,16,18H,4H2,1-3H3/t12-,16-/m0/s1. The van der Waals surface area contributed by atoms with E-state index in [1.165, 1.54) is 13.2 Å². The Morgan fingerprint density at radius 3 is 2.43 bits per heavy atom. The van der Waals surface area contributed by atoms with Gasteiger partial charge in [-0.15, -0.1) is 0 Å². The molecule has 5 nitrogen and oxygen atoms in total. The topological polar surface area (TPSA) is 72.5 Å². The maximum atomic E-state index is 12.6. The van der Waals surface area contributed by atoms with E-state index in [1.54, 1.807) is 12.1 Å². The first-order chi connectivity index (χ1) is 10.9. The smallest absolute Gasteiger partial charge is 0.324 e. The number of benzene rings is 2. The van der Waals surface area contributed by atoms with Crippen molar-refractivity contribution in [3.05, 3.63) is 42.5 Å². The van der Waals surface area contributed by atoms with E-state index in [4.69, 9.17) is 4.74 Å². The van der Waals surface area contributed by atoms with E-state index in [2.05, 4.69) is 4.72 Å². The fourth-order valence-corrected chi connectivity index (χ4v) is 3.66. The third-order valence-corrected chi connectivity index (χ3v) is 5.42. The molecule has 0 bridgehead atoms. The number of nitrogens with one attached hydrogen (secondary N) is 1. The van der Waals surface area contributed by atoms with Gasteiger partial charge >= 0.3 is 5.97 Å². The van der Waals surface area contributed by atoms with E-state index in [1.807, 2.05) is 38.1 Å². The average Bonchev–Trinajstić information content (AvgIpc) is 2.57. The summed E-state index contributed by atoms with van der Waals surface area (Å²) in [5, 5.41) is 1.78. The van der Waals surface area contributed by atoms with Gasteiger partial charge in [0.1, 0.15) is 6.04 Å². The number of carbonyl (C=O) groups excluding carboxylic acids is 1. The van der Waals surface area contributed by atoms with Crippen LogP contribution in [0.3, 0.4) is 0 Å². The van der Waals surface area contributed by atoms with Crippen LogP contribution in [0.4, 0.5) is 0 Å². The van der Waals surface area contributed by atoms with Gasteiger partial charge in [-0.3, -0.25) is 4.79 Å². The highest BCUT2D eigenvalue weighted by Crippen LogP contribution is 2.20. The lowest BCUT2D eigenvalue weighted by Crippen LogP contribution is -2.45. The van der Waals surface area contributed by atoms with Gasteiger partial charge in [0.2, 0.25) is 10.0 Å². The molecule has 0 aliphatic rings. The number of hydrogen-bond acceptors (Lipinski definition) is 4. The van der Waals surface area contributed by atoms with Crippen molar-refractivity contribution in [3.8, 4) is 0 Å². The molecule has 124 valence electrons. The van der Waals surface area contributed by atoms with Gasteiger partial charge < -0.3 is 4.74 Å². The largest absolute Gasteiger partial charge is 0.468 e. The van der Waals surface area contributed by atoms with Crippen LogP contribution in [0.25, 0.3) is 10.8 Å². The van der Waals surface area contributed by atoms with Crippen molar-refractivity contribution in [2.75, 3.05) is 7.11 Å². The van der Waals surface area contributed by atoms with Crippen LogP contribution in [0.15, 0.2) is 47.4 Å². The molecule has 0 amide bonds. The van der Waals surface area contributed by atoms with Crippen molar-refractivity contribution in [1.82, 2.24) is 4.72 Å². The molecule has 0 aliphatic heterocycles. The summed E-state index contributed by atoms with van der Waals surface area (Å²) >= 11 is 0. The lowest BCUT2D eigenvalue weighted by molar-refractivity contribution is -0.143. The predicted octanol–water partition coefficient (Wildman–Crippen LogP) is 2.71. The molecule has 0 aromatic heterocycles. The number of fused-ring (bicyclic) bond motifs is 1. The number of carbonyl (C=O) groups is 1. The molecule has 0 heterocycles. The summed E-state index contributed by atoms with van der Waals surface area (Å²) in [5.74, 6) is -0.749. The van der Waals surface area contributed by atoms with Crippen LogP contribution in [-0.4, -0.2) is 27.5 Å². The highest BCUT2D eigenvalue weighted by molar-refractivity contribution is 7.89. The Morgan fingerprint density at radius 1 is 1.17 bits per heavy atom. The van der Waals surface area contributed by atoms with Gasteiger partial charge in [0.15, 0.2) is 0 Å². The van der Waals surface area contributed by atoms with Crippen molar-refractivity contribution in [2.24, 2.45) is 5.92 Å². The Balaban J connectivity index is 2.36. The van der Waals surface area contributed by atoms with E-state index >= 15 is 0 Å². The molecule has 0 radical (unpaired) electrons. The van der Waals surface area contributed by atoms with E-state index in [-0.39, 0.29) is 10.8 Å². The van der Waals surface area contributed by atoms with Crippen molar-refractivity contribution in [3.63, 3.8) is 0 Å². The fraction of sp³-hybridized carbons (Fsp3) is 0.353. The second-order valence-corrected chi connectivity index (χ2v) is 7.23. The maximum absolute atomic E-state index is 12.6. The van der Waals surface area contributed by atoms with Gasteiger partial charge in [-0.25, -0.2) is 8.42 Å². The predicted molar refractivity (Wildman–Crippen MR) is 89.5 cm³/mol. The van der Waals surface area contributed by atoms with Crippen LogP contribution in [0, 0.1) is 5.92 Å². The zero-order valence-corrected chi connectivity index (χ0v) is 14.3. The summed E-state index contributed by atoms with van der Waals surface area (Å²) in [6.45, 7) is 3.70. The lowest BCUT2D eigenvalue weighted by atomic mass is 10.0. The molecule has 0 aliphatic carbocycles. The molecule has 2 aromatic carbocycles. The molecule has 2 aromatic rings. The number of esters is 1. The lowest BCUT2D eigenvalue weighted by Gasteiger charge is -2.21. The molecule has 0 saturated carbocycles. The Labute approximate surface area is 136 Å². The molecule has 0 unspecified atom stereocenters. The molecular weight excluding hydrogens is 314 g/mol. The summed E-state index contributed by atoms with van der Waals surface area (Å²) in [7, 11) is -2.56. The normalized spacial score (nSPS) is 14.4. The fourth-order valence-electron chi connectivity index (χ4n) is 2.33. The monoisotopic (exact) mass is 335 g/mol. The van der Waals surface area contributed by atoms with E-state index < -0.39 is 22.0 Å². The first-order valence-corrected chi connectivity index (χ1v) is 8.96. The maximum Gasteiger partial charge on any atom is 0.324 e. The molecular formula is C17H21NO4S. The molecule has 0 saturated heterocycles. The Morgan fingerprint density at radius 2 is 1.83 bits per heavy atom. The molecule has 1 N–H and O–H groups in total. The van der Waals surface area contributed by atoms with E-state index in [0.29, 0.717) is 6.42 Å². The summed E-state index contributed by atoms with van der Waals surface area (Å²) in [6, 6.07) is 11.5. The number of methoxy groups -OCH3 is 1. The van der Waals surface area contributed by atoms with Crippen molar-refractivity contribution >= 4 is 26.8 Å². The van der Waals surface area contributed by atoms with Crippen LogP contribution < -0.4 is 4.72 Å². The highest BCUT2D eigenvalue weighted by atomic mass is 32.2. The average molecular weight is 335 g/mol. The highest BCUT2D eigenvalue weighted by Gasteiger charge is 2.30. The molecule has 2 atom stereocenters. The first kappa shape index (κ1) is 17.4. The molecule has 0 spiro atoms. The Hall–Kier alpha value is -1.92. The minimum absolute atomic E-state index is 0.133. The molecule has 0 fully saturated rings. The number of sulfonamides is 1. The van der Waals surface area contributed by atoms with Gasteiger partial charge in [0, 0.05) is 0 Å². The zero-order chi connectivity index (χ0) is 17.0. The minimum Gasteiger partial charge on any atom is -0.468 e. The number of rotatable bonds is 6. The third-order valence-electron chi connectivity index (χ3n) is 3.98. The quantitative estimate of drug-likeness (QED) is 0.824. The van der Waals surface area contributed by atoms with Crippen molar-refractivity contribution in [1.29, 1.82) is 0 Å². The van der Waals surface area contributed by atoms with Gasteiger partial charge in [0.05, 0.1) is 12.0 Å². The van der Waals surface area contributed by atoms with E-state index in [0.717, 1.165) is 10.8 Å². The second-order valence-electron chi connectivity index (χ2n) is 5.52. The summed E-state index contributed by atoms with van der Waals surface area (Å²) < 4.78 is 32.4. The minimum atomic E-state index is -3.81. The summed E-state index contributed by atoms with van der Waals surface area (Å²) in [5.41, 5.74) is 0. The van der Waals surface area contributed by atoms with Crippen molar-refractivity contribution < 1.29 is 17.9 Å². The Bertz CT molecular complexity index is 801. The second kappa shape index (κ2) is 7.10. The molecule has 23 heavy (non-hydrogen) atoms. The first-order valence-electron chi connectivity index (χ1n) is 7.48. The SMILES string of the molecule is CC[C@H](C)[C@H](NS(=O)(=O)c1ccc2ccccc2c1)C(=O)OC. The van der Waals surface area contributed by atoms with Crippen LogP contribution in [-0.2, 0) is 19.6 Å². The molecule has 6 heteroatoms. The van der Waals surface area contributed by atoms with Gasteiger partial charge in [-0.1, -0.05) is 50.6 Å². The van der Waals surface area contributed by atoms with Crippen molar-refractivity contribution in [2.45, 2.75) is 31.2 Å². The van der Waals surface area contributed by atoms with Gasteiger partial charge in [0.25, 0.3) is 0 Å². The third kappa shape index (κ3) is 3.89.